The number of benzene rings is 1. The topological polar surface area (TPSA) is 55.4 Å². The second-order valence-corrected chi connectivity index (χ2v) is 3.72. The van der Waals surface area contributed by atoms with Crippen molar-refractivity contribution in [2.45, 2.75) is 13.8 Å². The van der Waals surface area contributed by atoms with Crippen LogP contribution in [0.2, 0.25) is 5.02 Å². The molecule has 0 atom stereocenters. The van der Waals surface area contributed by atoms with Crippen LogP contribution >= 0.6 is 11.6 Å². The van der Waals surface area contributed by atoms with Gasteiger partial charge >= 0.3 is 0 Å². The van der Waals surface area contributed by atoms with Gasteiger partial charge in [-0.05, 0) is 18.6 Å². The summed E-state index contributed by atoms with van der Waals surface area (Å²) < 4.78 is 5.05. The summed E-state index contributed by atoms with van der Waals surface area (Å²) in [6.07, 6.45) is 0. The van der Waals surface area contributed by atoms with Crippen molar-refractivity contribution in [2.75, 3.05) is 12.4 Å². The van der Waals surface area contributed by atoms with Gasteiger partial charge < -0.3 is 10.1 Å². The van der Waals surface area contributed by atoms with Gasteiger partial charge in [-0.15, -0.1) is 0 Å². The Kier molecular flexibility index (Phi) is 3.90. The molecule has 5 heteroatoms. The molecule has 0 bridgehead atoms. The molecule has 1 amide bonds. The van der Waals surface area contributed by atoms with Crippen molar-refractivity contribution in [3.05, 3.63) is 22.7 Å². The van der Waals surface area contributed by atoms with Crippen molar-refractivity contribution in [3.63, 3.8) is 0 Å². The molecule has 1 aromatic carbocycles. The minimum absolute atomic E-state index is 0.421. The van der Waals surface area contributed by atoms with E-state index in [9.17, 15) is 9.59 Å². The lowest BCUT2D eigenvalue weighted by molar-refractivity contribution is -0.133. The number of nitrogens with one attached hydrogen (secondary N) is 1. The summed E-state index contributed by atoms with van der Waals surface area (Å²) in [6, 6.07) is 3.24. The SMILES string of the molecule is COc1cc(Cl)c(C)cc1NC(=O)C(C)=O. The molecule has 1 N–H and O–H groups in total. The van der Waals surface area contributed by atoms with Crippen LogP contribution in [0.15, 0.2) is 12.1 Å². The molecule has 16 heavy (non-hydrogen) atoms. The third-order valence-corrected chi connectivity index (χ3v) is 2.46. The van der Waals surface area contributed by atoms with Crippen LogP contribution < -0.4 is 10.1 Å². The quantitative estimate of drug-likeness (QED) is 0.826. The molecule has 0 heterocycles. The number of ether oxygens (including phenoxy) is 1. The molecule has 86 valence electrons. The van der Waals surface area contributed by atoms with E-state index in [-0.39, 0.29) is 0 Å². The maximum atomic E-state index is 11.2. The second-order valence-electron chi connectivity index (χ2n) is 3.31. The van der Waals surface area contributed by atoms with Gasteiger partial charge in [-0.3, -0.25) is 9.59 Å². The highest BCUT2D eigenvalue weighted by Crippen LogP contribution is 2.30. The van der Waals surface area contributed by atoms with Crippen LogP contribution in [0.25, 0.3) is 0 Å². The van der Waals surface area contributed by atoms with Gasteiger partial charge in [-0.25, -0.2) is 0 Å². The molecule has 0 saturated heterocycles. The van der Waals surface area contributed by atoms with Gasteiger partial charge in [0.25, 0.3) is 5.91 Å². The predicted octanol–water partition coefficient (Wildman–Crippen LogP) is 2.18. The number of amides is 1. The molecule has 0 radical (unpaired) electrons. The molecule has 0 aliphatic heterocycles. The average Bonchev–Trinajstić information content (AvgIpc) is 2.22. The third-order valence-electron chi connectivity index (χ3n) is 2.05. The van der Waals surface area contributed by atoms with Crippen LogP contribution in [0.1, 0.15) is 12.5 Å². The van der Waals surface area contributed by atoms with Gasteiger partial charge in [0.2, 0.25) is 5.78 Å². The fraction of sp³-hybridized carbons (Fsp3) is 0.273. The van der Waals surface area contributed by atoms with Crippen molar-refractivity contribution < 1.29 is 14.3 Å². The first-order chi connectivity index (χ1) is 7.45. The van der Waals surface area contributed by atoms with E-state index in [0.29, 0.717) is 16.5 Å². The second kappa shape index (κ2) is 4.99. The average molecular weight is 242 g/mol. The highest BCUT2D eigenvalue weighted by molar-refractivity contribution is 6.40. The van der Waals surface area contributed by atoms with Crippen molar-refractivity contribution >= 4 is 29.0 Å². The third kappa shape index (κ3) is 2.73. The van der Waals surface area contributed by atoms with Crippen molar-refractivity contribution in [3.8, 4) is 5.75 Å². The Labute approximate surface area is 98.5 Å². The maximum absolute atomic E-state index is 11.2. The van der Waals surface area contributed by atoms with Crippen molar-refractivity contribution in [2.24, 2.45) is 0 Å². The number of methoxy groups -OCH3 is 1. The van der Waals surface area contributed by atoms with E-state index in [1.807, 2.05) is 0 Å². The lowest BCUT2D eigenvalue weighted by Gasteiger charge is -2.11. The predicted molar refractivity (Wildman–Crippen MR) is 62.1 cm³/mol. The first kappa shape index (κ1) is 12.5. The van der Waals surface area contributed by atoms with Gasteiger partial charge in [-0.2, -0.15) is 0 Å². The zero-order valence-corrected chi connectivity index (χ0v) is 10.0. The van der Waals surface area contributed by atoms with E-state index in [0.717, 1.165) is 5.56 Å². The summed E-state index contributed by atoms with van der Waals surface area (Å²) in [7, 11) is 1.46. The number of anilines is 1. The molecule has 0 saturated carbocycles. The lowest BCUT2D eigenvalue weighted by atomic mass is 10.2. The number of carbonyl (C=O) groups excluding carboxylic acids is 2. The van der Waals surface area contributed by atoms with E-state index in [4.69, 9.17) is 16.3 Å². The van der Waals surface area contributed by atoms with E-state index in [1.54, 1.807) is 19.1 Å². The molecule has 4 nitrogen and oxygen atoms in total. The van der Waals surface area contributed by atoms with E-state index in [2.05, 4.69) is 5.32 Å². The van der Waals surface area contributed by atoms with Gasteiger partial charge in [0.05, 0.1) is 12.8 Å². The van der Waals surface area contributed by atoms with Crippen molar-refractivity contribution in [1.29, 1.82) is 0 Å². The monoisotopic (exact) mass is 241 g/mol. The van der Waals surface area contributed by atoms with E-state index in [1.165, 1.54) is 14.0 Å². The molecule has 0 aliphatic rings. The summed E-state index contributed by atoms with van der Waals surface area (Å²) in [4.78, 5) is 22.0. The summed E-state index contributed by atoms with van der Waals surface area (Å²) in [5.74, 6) is -0.820. The fourth-order valence-electron chi connectivity index (χ4n) is 1.14. The molecular weight excluding hydrogens is 230 g/mol. The Hall–Kier alpha value is -1.55. The van der Waals surface area contributed by atoms with Gasteiger partial charge in [-0.1, -0.05) is 11.6 Å². The Bertz CT molecular complexity index is 443. The first-order valence-electron chi connectivity index (χ1n) is 4.61. The standard InChI is InChI=1S/C11H12ClNO3/c1-6-4-9(13-11(15)7(2)14)10(16-3)5-8(6)12/h4-5H,1-3H3,(H,13,15). The minimum Gasteiger partial charge on any atom is -0.495 e. The number of ketones is 1. The maximum Gasteiger partial charge on any atom is 0.291 e. The van der Waals surface area contributed by atoms with E-state index < -0.39 is 11.7 Å². The smallest absolute Gasteiger partial charge is 0.291 e. The zero-order chi connectivity index (χ0) is 12.3. The molecule has 1 aromatic rings. The number of hydrogen-bond donors (Lipinski definition) is 1. The normalized spacial score (nSPS) is 9.75. The highest BCUT2D eigenvalue weighted by atomic mass is 35.5. The summed E-state index contributed by atoms with van der Waals surface area (Å²) >= 11 is 5.90. The number of aryl methyl sites for hydroxylation is 1. The minimum atomic E-state index is -0.681. The van der Waals surface area contributed by atoms with Crippen molar-refractivity contribution in [1.82, 2.24) is 0 Å². The largest absolute Gasteiger partial charge is 0.495 e. The number of rotatable bonds is 3. The van der Waals surface area contributed by atoms with Gasteiger partial charge in [0.1, 0.15) is 5.75 Å². The Balaban J connectivity index is 3.08. The summed E-state index contributed by atoms with van der Waals surface area (Å²) in [5.41, 5.74) is 1.23. The number of Topliss-reactive ketones (excluding diaryl/α,β-unsaturated/α-hetero) is 1. The number of halogens is 1. The molecule has 0 aliphatic carbocycles. The number of carbonyl (C=O) groups is 2. The lowest BCUT2D eigenvalue weighted by Crippen LogP contribution is -2.20. The van der Waals surface area contributed by atoms with Crippen LogP contribution in [0.3, 0.4) is 0 Å². The summed E-state index contributed by atoms with van der Waals surface area (Å²) in [6.45, 7) is 3.00. The van der Waals surface area contributed by atoms with Crippen LogP contribution in [0.5, 0.6) is 5.75 Å². The zero-order valence-electron chi connectivity index (χ0n) is 9.26. The summed E-state index contributed by atoms with van der Waals surface area (Å²) in [5, 5.41) is 3.00. The molecule has 0 fully saturated rings. The van der Waals surface area contributed by atoms with E-state index >= 15 is 0 Å². The number of hydrogen-bond acceptors (Lipinski definition) is 3. The Morgan fingerprint density at radius 1 is 1.38 bits per heavy atom. The molecule has 0 spiro atoms. The molecular formula is C11H12ClNO3. The first-order valence-corrected chi connectivity index (χ1v) is 4.99. The Morgan fingerprint density at radius 2 is 2.00 bits per heavy atom. The van der Waals surface area contributed by atoms with Gasteiger partial charge in [0, 0.05) is 18.0 Å². The van der Waals surface area contributed by atoms with Crippen LogP contribution in [0, 0.1) is 6.92 Å². The molecule has 1 rings (SSSR count). The molecule has 0 aromatic heterocycles. The van der Waals surface area contributed by atoms with Crippen LogP contribution in [-0.2, 0) is 9.59 Å². The fourth-order valence-corrected chi connectivity index (χ4v) is 1.29. The van der Waals surface area contributed by atoms with Crippen LogP contribution in [-0.4, -0.2) is 18.8 Å². The van der Waals surface area contributed by atoms with Gasteiger partial charge in [0.15, 0.2) is 0 Å². The Morgan fingerprint density at radius 3 is 2.50 bits per heavy atom. The highest BCUT2D eigenvalue weighted by Gasteiger charge is 2.12. The molecule has 0 unspecified atom stereocenters. The van der Waals surface area contributed by atoms with Crippen LogP contribution in [0.4, 0.5) is 5.69 Å².